The average Bonchev–Trinajstić information content (AvgIpc) is 2.70. The Morgan fingerprint density at radius 3 is 3.00 bits per heavy atom. The molecule has 4 nitrogen and oxygen atoms in total. The molecule has 1 saturated heterocycles. The molecular formula is C9H14ClN3OS. The lowest BCUT2D eigenvalue weighted by atomic mass is 10.2. The number of aromatic nitrogens is 2. The number of nitrogens with zero attached hydrogens (tertiary/aromatic N) is 3. The van der Waals surface area contributed by atoms with Gasteiger partial charge in [0.2, 0.25) is 5.89 Å². The molecule has 1 aliphatic heterocycles. The molecule has 0 aliphatic carbocycles. The Hall–Kier alpha value is -0.420. The summed E-state index contributed by atoms with van der Waals surface area (Å²) in [4.78, 5) is 2.16. The molecule has 1 aromatic heterocycles. The van der Waals surface area contributed by atoms with Gasteiger partial charge in [-0.2, -0.15) is 11.8 Å². The first-order valence-corrected chi connectivity index (χ1v) is 6.57. The monoisotopic (exact) mass is 247 g/mol. The number of hydrogen-bond donors (Lipinski definition) is 0. The molecule has 84 valence electrons. The number of alkyl halides is 1. The van der Waals surface area contributed by atoms with Crippen molar-refractivity contribution in [3.63, 3.8) is 0 Å². The fraction of sp³-hybridized carbons (Fsp3) is 0.778. The molecule has 2 rings (SSSR count). The molecule has 1 aliphatic rings. The van der Waals surface area contributed by atoms with E-state index in [0.29, 0.717) is 23.2 Å². The molecule has 2 atom stereocenters. The lowest BCUT2D eigenvalue weighted by molar-refractivity contribution is 0.476. The Kier molecular flexibility index (Phi) is 3.41. The van der Waals surface area contributed by atoms with Crippen LogP contribution in [-0.2, 0) is 5.88 Å². The summed E-state index contributed by atoms with van der Waals surface area (Å²) in [7, 11) is 0. The van der Waals surface area contributed by atoms with Crippen LogP contribution >= 0.6 is 23.4 Å². The van der Waals surface area contributed by atoms with Crippen molar-refractivity contribution in [2.45, 2.75) is 31.0 Å². The Morgan fingerprint density at radius 1 is 1.53 bits per heavy atom. The molecular weight excluding hydrogens is 234 g/mol. The topological polar surface area (TPSA) is 42.2 Å². The maximum Gasteiger partial charge on any atom is 0.318 e. The highest BCUT2D eigenvalue weighted by atomic mass is 35.5. The van der Waals surface area contributed by atoms with Crippen LogP contribution in [0.15, 0.2) is 4.42 Å². The van der Waals surface area contributed by atoms with Crippen LogP contribution in [0.3, 0.4) is 0 Å². The van der Waals surface area contributed by atoms with Gasteiger partial charge < -0.3 is 9.32 Å². The number of halogens is 1. The van der Waals surface area contributed by atoms with E-state index in [9.17, 15) is 0 Å². The summed E-state index contributed by atoms with van der Waals surface area (Å²) in [5, 5.41) is 8.47. The van der Waals surface area contributed by atoms with Gasteiger partial charge in [0.05, 0.1) is 0 Å². The fourth-order valence-corrected chi connectivity index (χ4v) is 2.83. The van der Waals surface area contributed by atoms with Gasteiger partial charge in [0, 0.05) is 23.6 Å². The summed E-state index contributed by atoms with van der Waals surface area (Å²) in [6.07, 6.45) is 0. The van der Waals surface area contributed by atoms with Gasteiger partial charge >= 0.3 is 6.01 Å². The van der Waals surface area contributed by atoms with E-state index < -0.39 is 0 Å². The van der Waals surface area contributed by atoms with Gasteiger partial charge in [-0.1, -0.05) is 12.0 Å². The van der Waals surface area contributed by atoms with Gasteiger partial charge in [-0.05, 0) is 6.92 Å². The molecule has 0 spiro atoms. The van der Waals surface area contributed by atoms with E-state index in [1.165, 1.54) is 0 Å². The lowest BCUT2D eigenvalue weighted by Crippen LogP contribution is -2.44. The van der Waals surface area contributed by atoms with E-state index in [1.54, 1.807) is 0 Å². The smallest absolute Gasteiger partial charge is 0.318 e. The number of rotatable bonds is 2. The fourth-order valence-electron chi connectivity index (χ4n) is 1.62. The van der Waals surface area contributed by atoms with E-state index in [0.717, 1.165) is 12.3 Å². The van der Waals surface area contributed by atoms with Crippen molar-refractivity contribution in [2.24, 2.45) is 0 Å². The van der Waals surface area contributed by atoms with E-state index in [4.69, 9.17) is 16.0 Å². The predicted octanol–water partition coefficient (Wildman–Crippen LogP) is 2.14. The zero-order chi connectivity index (χ0) is 10.8. The number of hydrogen-bond acceptors (Lipinski definition) is 5. The molecule has 6 heteroatoms. The second-order valence-corrected chi connectivity index (χ2v) is 5.37. The van der Waals surface area contributed by atoms with Crippen LogP contribution in [0, 0.1) is 0 Å². The summed E-state index contributed by atoms with van der Waals surface area (Å²) in [6.45, 7) is 5.36. The van der Waals surface area contributed by atoms with Crippen LogP contribution in [0.1, 0.15) is 19.7 Å². The largest absolute Gasteiger partial charge is 0.407 e. The highest BCUT2D eigenvalue weighted by molar-refractivity contribution is 8.00. The van der Waals surface area contributed by atoms with Crippen LogP contribution in [0.2, 0.25) is 0 Å². The van der Waals surface area contributed by atoms with Gasteiger partial charge in [0.1, 0.15) is 5.88 Å². The molecule has 0 N–H and O–H groups in total. The van der Waals surface area contributed by atoms with Gasteiger partial charge in [-0.25, -0.2) is 0 Å². The molecule has 0 radical (unpaired) electrons. The second-order valence-electron chi connectivity index (χ2n) is 3.62. The lowest BCUT2D eigenvalue weighted by Gasteiger charge is -2.35. The van der Waals surface area contributed by atoms with Gasteiger partial charge in [0.25, 0.3) is 0 Å². The zero-order valence-corrected chi connectivity index (χ0v) is 10.4. The van der Waals surface area contributed by atoms with Crippen molar-refractivity contribution in [1.82, 2.24) is 10.2 Å². The summed E-state index contributed by atoms with van der Waals surface area (Å²) in [5.41, 5.74) is 0. The van der Waals surface area contributed by atoms with Crippen molar-refractivity contribution in [1.29, 1.82) is 0 Å². The molecule has 1 aromatic rings. The zero-order valence-electron chi connectivity index (χ0n) is 8.81. The highest BCUT2D eigenvalue weighted by Gasteiger charge is 2.28. The Bertz CT molecular complexity index is 333. The third-order valence-electron chi connectivity index (χ3n) is 2.70. The standard InChI is InChI=1S/C9H14ClN3OS/c1-6-7(2)15-4-3-13(6)9-12-11-8(5-10)14-9/h6-7H,3-5H2,1-2H3. The van der Waals surface area contributed by atoms with Gasteiger partial charge in [0.15, 0.2) is 0 Å². The minimum Gasteiger partial charge on any atom is -0.407 e. The molecule has 0 bridgehead atoms. The minimum atomic E-state index is 0.277. The van der Waals surface area contributed by atoms with Gasteiger partial charge in [-0.15, -0.1) is 16.7 Å². The van der Waals surface area contributed by atoms with E-state index in [-0.39, 0.29) is 5.88 Å². The van der Waals surface area contributed by atoms with E-state index in [1.807, 2.05) is 11.8 Å². The molecule has 2 heterocycles. The predicted molar refractivity (Wildman–Crippen MR) is 62.6 cm³/mol. The van der Waals surface area contributed by atoms with Crippen LogP contribution in [0.4, 0.5) is 6.01 Å². The van der Waals surface area contributed by atoms with Crippen LogP contribution in [0.5, 0.6) is 0 Å². The quantitative estimate of drug-likeness (QED) is 0.749. The van der Waals surface area contributed by atoms with Crippen molar-refractivity contribution >= 4 is 29.4 Å². The Labute approximate surface area is 98.4 Å². The maximum absolute atomic E-state index is 5.63. The highest BCUT2D eigenvalue weighted by Crippen LogP contribution is 2.28. The van der Waals surface area contributed by atoms with Crippen LogP contribution in [-0.4, -0.2) is 33.8 Å². The third-order valence-corrected chi connectivity index (χ3v) is 4.27. The molecule has 0 amide bonds. The Morgan fingerprint density at radius 2 is 2.33 bits per heavy atom. The maximum atomic E-state index is 5.63. The Balaban J connectivity index is 2.14. The van der Waals surface area contributed by atoms with E-state index >= 15 is 0 Å². The molecule has 2 unspecified atom stereocenters. The van der Waals surface area contributed by atoms with Crippen LogP contribution < -0.4 is 4.90 Å². The normalized spacial score (nSPS) is 27.0. The molecule has 0 saturated carbocycles. The minimum absolute atomic E-state index is 0.277. The summed E-state index contributed by atoms with van der Waals surface area (Å²) >= 11 is 7.60. The van der Waals surface area contributed by atoms with Crippen LogP contribution in [0.25, 0.3) is 0 Å². The first-order chi connectivity index (χ1) is 7.22. The SMILES string of the molecule is CC1SCCN(c2nnc(CCl)o2)C1C. The van der Waals surface area contributed by atoms with Crippen molar-refractivity contribution in [3.8, 4) is 0 Å². The first kappa shape index (κ1) is 11.1. The molecule has 1 fully saturated rings. The van der Waals surface area contributed by atoms with Crippen molar-refractivity contribution in [3.05, 3.63) is 5.89 Å². The van der Waals surface area contributed by atoms with Crippen molar-refractivity contribution in [2.75, 3.05) is 17.2 Å². The van der Waals surface area contributed by atoms with Gasteiger partial charge in [-0.3, -0.25) is 0 Å². The summed E-state index contributed by atoms with van der Waals surface area (Å²) < 4.78 is 5.45. The number of thioether (sulfide) groups is 1. The molecule has 15 heavy (non-hydrogen) atoms. The average molecular weight is 248 g/mol. The first-order valence-electron chi connectivity index (χ1n) is 4.99. The summed E-state index contributed by atoms with van der Waals surface area (Å²) in [6, 6.07) is 1.03. The summed E-state index contributed by atoms with van der Waals surface area (Å²) in [5.74, 6) is 1.87. The second kappa shape index (κ2) is 4.61. The van der Waals surface area contributed by atoms with Crippen molar-refractivity contribution < 1.29 is 4.42 Å². The molecule has 0 aromatic carbocycles. The third kappa shape index (κ3) is 2.23. The van der Waals surface area contributed by atoms with E-state index in [2.05, 4.69) is 28.9 Å². The number of anilines is 1.